The van der Waals surface area contributed by atoms with Gasteiger partial charge in [0.1, 0.15) is 6.61 Å². The van der Waals surface area contributed by atoms with Crippen LogP contribution >= 0.6 is 0 Å². The Morgan fingerprint density at radius 1 is 1.00 bits per heavy atom. The fraction of sp³-hybridized carbons (Fsp3) is 0.458. The minimum absolute atomic E-state index is 0.123. The Hall–Kier alpha value is -2.33. The number of rotatable bonds is 4. The molecule has 4 nitrogen and oxygen atoms in total. The summed E-state index contributed by atoms with van der Waals surface area (Å²) in [6.45, 7) is 1.12. The molecule has 1 aliphatic carbocycles. The minimum atomic E-state index is -0.284. The maximum atomic E-state index is 12.4. The van der Waals surface area contributed by atoms with Crippen molar-refractivity contribution in [2.45, 2.75) is 43.7 Å². The molecule has 1 N–H and O–H groups in total. The Morgan fingerprint density at radius 2 is 1.57 bits per heavy atom. The van der Waals surface area contributed by atoms with Crippen LogP contribution in [0.5, 0.6) is 0 Å². The molecule has 1 amide bonds. The van der Waals surface area contributed by atoms with E-state index in [0.29, 0.717) is 24.6 Å². The quantitative estimate of drug-likeness (QED) is 0.860. The van der Waals surface area contributed by atoms with E-state index in [0.717, 1.165) is 6.54 Å². The number of alkyl carbamates (subject to hydrolysis) is 1. The lowest BCUT2D eigenvalue weighted by Gasteiger charge is -2.36. The number of ether oxygens (including phenoxy) is 1. The molecule has 0 aromatic heterocycles. The highest BCUT2D eigenvalue weighted by atomic mass is 16.5. The highest BCUT2D eigenvalue weighted by Crippen LogP contribution is 2.44. The summed E-state index contributed by atoms with van der Waals surface area (Å²) in [5, 5.41) is 3.03. The smallest absolute Gasteiger partial charge is 0.407 e. The first-order valence-electron chi connectivity index (χ1n) is 10.5. The molecule has 2 aromatic carbocycles. The van der Waals surface area contributed by atoms with Gasteiger partial charge in [0.05, 0.1) is 0 Å². The highest BCUT2D eigenvalue weighted by molar-refractivity contribution is 5.79. The Labute approximate surface area is 166 Å². The molecule has 146 valence electrons. The largest absolute Gasteiger partial charge is 0.449 e. The second-order valence-corrected chi connectivity index (χ2v) is 8.59. The summed E-state index contributed by atoms with van der Waals surface area (Å²) in [5.41, 5.74) is 5.02. The molecular weight excluding hydrogens is 348 g/mol. The number of piperidine rings is 1. The number of hydrogen-bond acceptors (Lipinski definition) is 3. The SMILES string of the molecule is CN1C2CCC1CC(CNC(=O)OCC1c3ccccc3-c3ccccc31)C2. The number of nitrogens with zero attached hydrogens (tertiary/aromatic N) is 1. The molecule has 2 fully saturated rings. The van der Waals surface area contributed by atoms with Crippen LogP contribution in [0.1, 0.15) is 42.7 Å². The number of fused-ring (bicyclic) bond motifs is 5. The molecule has 2 aromatic rings. The lowest BCUT2D eigenvalue weighted by Crippen LogP contribution is -2.43. The molecule has 2 saturated heterocycles. The van der Waals surface area contributed by atoms with E-state index in [1.807, 2.05) is 0 Å². The summed E-state index contributed by atoms with van der Waals surface area (Å²) < 4.78 is 5.66. The first-order valence-corrected chi connectivity index (χ1v) is 10.5. The molecule has 28 heavy (non-hydrogen) atoms. The van der Waals surface area contributed by atoms with Crippen molar-refractivity contribution in [3.8, 4) is 11.1 Å². The van der Waals surface area contributed by atoms with Crippen molar-refractivity contribution in [1.29, 1.82) is 0 Å². The molecule has 0 radical (unpaired) electrons. The molecule has 2 atom stereocenters. The average molecular weight is 377 g/mol. The van der Waals surface area contributed by atoms with Crippen molar-refractivity contribution >= 4 is 6.09 Å². The van der Waals surface area contributed by atoms with Gasteiger partial charge in [0.15, 0.2) is 0 Å². The second-order valence-electron chi connectivity index (χ2n) is 8.59. The van der Waals surface area contributed by atoms with Crippen LogP contribution < -0.4 is 5.32 Å². The van der Waals surface area contributed by atoms with Gasteiger partial charge in [-0.25, -0.2) is 4.79 Å². The van der Waals surface area contributed by atoms with Gasteiger partial charge in [-0.2, -0.15) is 0 Å². The predicted molar refractivity (Wildman–Crippen MR) is 110 cm³/mol. The third kappa shape index (κ3) is 3.10. The van der Waals surface area contributed by atoms with Gasteiger partial charge in [0.25, 0.3) is 0 Å². The number of carbonyl (C=O) groups excluding carboxylic acids is 1. The van der Waals surface area contributed by atoms with E-state index in [1.54, 1.807) is 0 Å². The van der Waals surface area contributed by atoms with E-state index in [2.05, 4.69) is 65.8 Å². The second kappa shape index (κ2) is 7.25. The van der Waals surface area contributed by atoms with Gasteiger partial charge in [-0.05, 0) is 60.9 Å². The van der Waals surface area contributed by atoms with E-state index in [1.165, 1.54) is 47.9 Å². The number of hydrogen-bond donors (Lipinski definition) is 1. The standard InChI is InChI=1S/C24H28N2O2/c1-26-17-10-11-18(26)13-16(12-17)14-25-24(27)28-15-23-21-8-4-2-6-19(21)20-7-3-5-9-22(20)23/h2-9,16-18,23H,10-15H2,1H3,(H,25,27). The molecule has 0 saturated carbocycles. The van der Waals surface area contributed by atoms with Crippen LogP contribution in [0.15, 0.2) is 48.5 Å². The molecule has 2 heterocycles. The Kier molecular flexibility index (Phi) is 4.59. The monoisotopic (exact) mass is 376 g/mol. The van der Waals surface area contributed by atoms with E-state index >= 15 is 0 Å². The molecule has 2 unspecified atom stereocenters. The van der Waals surface area contributed by atoms with Crippen LogP contribution in [0.3, 0.4) is 0 Å². The summed E-state index contributed by atoms with van der Waals surface area (Å²) in [6, 6.07) is 18.3. The van der Waals surface area contributed by atoms with Gasteiger partial charge in [-0.15, -0.1) is 0 Å². The van der Waals surface area contributed by atoms with E-state index in [4.69, 9.17) is 4.74 Å². The summed E-state index contributed by atoms with van der Waals surface area (Å²) in [6.07, 6.45) is 4.71. The third-order valence-electron chi connectivity index (χ3n) is 7.07. The Bertz CT molecular complexity index is 821. The summed E-state index contributed by atoms with van der Waals surface area (Å²) >= 11 is 0. The molecule has 2 bridgehead atoms. The van der Waals surface area contributed by atoms with E-state index in [-0.39, 0.29) is 12.0 Å². The van der Waals surface area contributed by atoms with Crippen molar-refractivity contribution in [1.82, 2.24) is 10.2 Å². The lowest BCUT2D eigenvalue weighted by molar-refractivity contribution is 0.120. The number of nitrogens with one attached hydrogen (secondary N) is 1. The lowest BCUT2D eigenvalue weighted by atomic mass is 9.91. The zero-order valence-corrected chi connectivity index (χ0v) is 16.4. The van der Waals surface area contributed by atoms with Gasteiger partial charge in [-0.3, -0.25) is 0 Å². The fourth-order valence-corrected chi connectivity index (χ4v) is 5.57. The van der Waals surface area contributed by atoms with Crippen LogP contribution in [0.25, 0.3) is 11.1 Å². The van der Waals surface area contributed by atoms with Crippen LogP contribution in [0.2, 0.25) is 0 Å². The number of benzene rings is 2. The zero-order chi connectivity index (χ0) is 19.1. The Balaban J connectivity index is 1.18. The molecule has 3 aliphatic rings. The van der Waals surface area contributed by atoms with Crippen molar-refractivity contribution in [2.75, 3.05) is 20.2 Å². The van der Waals surface area contributed by atoms with Crippen LogP contribution in [0, 0.1) is 5.92 Å². The topological polar surface area (TPSA) is 41.6 Å². The van der Waals surface area contributed by atoms with E-state index < -0.39 is 0 Å². The zero-order valence-electron chi connectivity index (χ0n) is 16.4. The van der Waals surface area contributed by atoms with Gasteiger partial charge in [0, 0.05) is 24.5 Å². The van der Waals surface area contributed by atoms with Crippen molar-refractivity contribution in [3.63, 3.8) is 0 Å². The molecule has 0 spiro atoms. The third-order valence-corrected chi connectivity index (χ3v) is 7.07. The van der Waals surface area contributed by atoms with Gasteiger partial charge < -0.3 is 15.0 Å². The van der Waals surface area contributed by atoms with Crippen molar-refractivity contribution in [3.05, 3.63) is 59.7 Å². The van der Waals surface area contributed by atoms with Gasteiger partial charge in [-0.1, -0.05) is 48.5 Å². The minimum Gasteiger partial charge on any atom is -0.449 e. The summed E-state index contributed by atoms with van der Waals surface area (Å²) in [4.78, 5) is 14.9. The van der Waals surface area contributed by atoms with Crippen LogP contribution in [0.4, 0.5) is 4.79 Å². The van der Waals surface area contributed by atoms with Gasteiger partial charge >= 0.3 is 6.09 Å². The fourth-order valence-electron chi connectivity index (χ4n) is 5.57. The molecule has 4 heteroatoms. The van der Waals surface area contributed by atoms with Crippen LogP contribution in [-0.2, 0) is 4.74 Å². The average Bonchev–Trinajstić information content (AvgIpc) is 3.12. The van der Waals surface area contributed by atoms with Crippen molar-refractivity contribution in [2.24, 2.45) is 5.92 Å². The first kappa shape index (κ1) is 17.7. The maximum absolute atomic E-state index is 12.4. The van der Waals surface area contributed by atoms with Crippen LogP contribution in [-0.4, -0.2) is 43.3 Å². The normalized spacial score (nSPS) is 26.0. The number of carbonyl (C=O) groups is 1. The molecule has 5 rings (SSSR count). The Morgan fingerprint density at radius 3 is 2.18 bits per heavy atom. The molecular formula is C24H28N2O2. The van der Waals surface area contributed by atoms with Gasteiger partial charge in [0.2, 0.25) is 0 Å². The predicted octanol–water partition coefficient (Wildman–Crippen LogP) is 4.40. The van der Waals surface area contributed by atoms with Crippen molar-refractivity contribution < 1.29 is 9.53 Å². The summed E-state index contributed by atoms with van der Waals surface area (Å²) in [5.74, 6) is 0.700. The number of amides is 1. The maximum Gasteiger partial charge on any atom is 0.407 e. The molecule has 2 aliphatic heterocycles. The van der Waals surface area contributed by atoms with E-state index in [9.17, 15) is 4.79 Å². The highest BCUT2D eigenvalue weighted by Gasteiger charge is 2.38. The summed E-state index contributed by atoms with van der Waals surface area (Å²) in [7, 11) is 2.25. The first-order chi connectivity index (χ1) is 13.7.